The third-order valence-electron chi connectivity index (χ3n) is 5.47. The highest BCUT2D eigenvalue weighted by molar-refractivity contribution is 9.10. The first-order chi connectivity index (χ1) is 16.4. The fourth-order valence-electron chi connectivity index (χ4n) is 3.63. The Morgan fingerprint density at radius 3 is 2.44 bits per heavy atom. The first-order valence-corrected chi connectivity index (χ1v) is 12.3. The van der Waals surface area contributed by atoms with E-state index in [0.717, 1.165) is 21.2 Å². The van der Waals surface area contributed by atoms with Gasteiger partial charge in [-0.2, -0.15) is 0 Å². The number of hydrogen-bond acceptors (Lipinski definition) is 3. The number of halogens is 2. The number of nitrogens with one attached hydrogen (secondary N) is 1. The second-order valence-electron chi connectivity index (χ2n) is 7.91. The van der Waals surface area contributed by atoms with Crippen LogP contribution in [0, 0.1) is 6.92 Å². The van der Waals surface area contributed by atoms with Crippen molar-refractivity contribution in [3.8, 4) is 5.75 Å². The summed E-state index contributed by atoms with van der Waals surface area (Å²) in [6.45, 7) is 4.38. The van der Waals surface area contributed by atoms with Crippen LogP contribution in [0.4, 0.5) is 0 Å². The Morgan fingerprint density at radius 2 is 1.76 bits per heavy atom. The molecule has 2 amide bonds. The van der Waals surface area contributed by atoms with Crippen LogP contribution in [0.3, 0.4) is 0 Å². The van der Waals surface area contributed by atoms with Crippen LogP contribution >= 0.6 is 27.5 Å². The molecule has 0 radical (unpaired) electrons. The van der Waals surface area contributed by atoms with Crippen LogP contribution in [0.25, 0.3) is 0 Å². The number of amides is 2. The summed E-state index contributed by atoms with van der Waals surface area (Å²) in [5.74, 6) is -0.0870. The Balaban J connectivity index is 1.91. The second kappa shape index (κ2) is 12.6. The number of benzene rings is 3. The Morgan fingerprint density at radius 1 is 1.06 bits per heavy atom. The normalized spacial score (nSPS) is 11.5. The molecule has 0 aliphatic carbocycles. The molecule has 1 N–H and O–H groups in total. The lowest BCUT2D eigenvalue weighted by atomic mass is 10.0. The monoisotopic (exact) mass is 542 g/mol. The van der Waals surface area contributed by atoms with Crippen molar-refractivity contribution in [3.63, 3.8) is 0 Å². The van der Waals surface area contributed by atoms with Gasteiger partial charge >= 0.3 is 0 Å². The summed E-state index contributed by atoms with van der Waals surface area (Å²) in [7, 11) is 0. The van der Waals surface area contributed by atoms with Crippen molar-refractivity contribution in [2.24, 2.45) is 0 Å². The third-order valence-corrected chi connectivity index (χ3v) is 6.26. The van der Waals surface area contributed by atoms with Gasteiger partial charge in [0.15, 0.2) is 6.61 Å². The first-order valence-electron chi connectivity index (χ1n) is 11.1. The maximum absolute atomic E-state index is 13.5. The van der Waals surface area contributed by atoms with Crippen LogP contribution in [0.2, 0.25) is 5.02 Å². The number of likely N-dealkylation sites (N-methyl/N-ethyl adjacent to an activating group) is 1. The average Bonchev–Trinajstić information content (AvgIpc) is 2.82. The molecular weight excluding hydrogens is 516 g/mol. The molecule has 3 aromatic carbocycles. The molecule has 1 atom stereocenters. The number of ether oxygens (including phenoxy) is 1. The molecule has 0 fully saturated rings. The van der Waals surface area contributed by atoms with Gasteiger partial charge in [0, 0.05) is 24.0 Å². The third kappa shape index (κ3) is 7.08. The van der Waals surface area contributed by atoms with Gasteiger partial charge in [0.1, 0.15) is 11.8 Å². The number of rotatable bonds is 10. The van der Waals surface area contributed by atoms with E-state index < -0.39 is 6.04 Å². The minimum atomic E-state index is -0.696. The van der Waals surface area contributed by atoms with E-state index in [9.17, 15) is 9.59 Å². The first kappa shape index (κ1) is 25.8. The molecular formula is C27H28BrClN2O3. The van der Waals surface area contributed by atoms with E-state index in [4.69, 9.17) is 16.3 Å². The molecule has 0 bridgehead atoms. The molecule has 0 saturated carbocycles. The molecule has 3 aromatic rings. The van der Waals surface area contributed by atoms with E-state index in [2.05, 4.69) is 21.2 Å². The molecule has 34 heavy (non-hydrogen) atoms. The van der Waals surface area contributed by atoms with Crippen LogP contribution in [0.15, 0.2) is 77.3 Å². The van der Waals surface area contributed by atoms with Crippen molar-refractivity contribution in [2.75, 3.05) is 13.2 Å². The van der Waals surface area contributed by atoms with E-state index in [1.165, 1.54) is 0 Å². The zero-order valence-electron chi connectivity index (χ0n) is 19.3. The largest absolute Gasteiger partial charge is 0.482 e. The molecule has 0 unspecified atom stereocenters. The number of aryl methyl sites for hydroxylation is 1. The van der Waals surface area contributed by atoms with Crippen LogP contribution in [-0.4, -0.2) is 35.9 Å². The van der Waals surface area contributed by atoms with Crippen LogP contribution in [-0.2, 0) is 22.6 Å². The standard InChI is InChI=1S/C27H28BrClN2O3/c1-3-30-27(33)24(15-20-10-5-4-6-11-20)31(17-21-12-8-7-9-19(21)2)26(32)18-34-25-14-13-22(28)16-23(25)29/h4-14,16,24H,3,15,17-18H2,1-2H3,(H,30,33)/t24-/m1/s1. The van der Waals surface area contributed by atoms with E-state index in [0.29, 0.717) is 23.7 Å². The van der Waals surface area contributed by atoms with Crippen molar-refractivity contribution < 1.29 is 14.3 Å². The van der Waals surface area contributed by atoms with Crippen molar-refractivity contribution in [1.82, 2.24) is 10.2 Å². The molecule has 0 aromatic heterocycles. The molecule has 3 rings (SSSR count). The van der Waals surface area contributed by atoms with E-state index in [-0.39, 0.29) is 25.0 Å². The SMILES string of the molecule is CCNC(=O)[C@@H](Cc1ccccc1)N(Cc1ccccc1C)C(=O)COc1ccc(Br)cc1Cl. The fraction of sp³-hybridized carbons (Fsp3) is 0.259. The Labute approximate surface area is 214 Å². The Kier molecular flexibility index (Phi) is 9.54. The summed E-state index contributed by atoms with van der Waals surface area (Å²) in [5.41, 5.74) is 2.99. The predicted molar refractivity (Wildman–Crippen MR) is 139 cm³/mol. The summed E-state index contributed by atoms with van der Waals surface area (Å²) in [6.07, 6.45) is 0.392. The van der Waals surface area contributed by atoms with Gasteiger partial charge in [-0.25, -0.2) is 0 Å². The van der Waals surface area contributed by atoms with Gasteiger partial charge in [0.2, 0.25) is 5.91 Å². The molecule has 0 saturated heterocycles. The summed E-state index contributed by atoms with van der Waals surface area (Å²) in [6, 6.07) is 22.1. The Hall–Kier alpha value is -2.83. The quantitative estimate of drug-likeness (QED) is 0.364. The number of carbonyl (C=O) groups excluding carboxylic acids is 2. The lowest BCUT2D eigenvalue weighted by Gasteiger charge is -2.32. The molecule has 0 aliphatic rings. The minimum Gasteiger partial charge on any atom is -0.482 e. The Bertz CT molecular complexity index is 1120. The van der Waals surface area contributed by atoms with Gasteiger partial charge in [0.05, 0.1) is 5.02 Å². The molecule has 5 nitrogen and oxygen atoms in total. The van der Waals surface area contributed by atoms with Crippen molar-refractivity contribution in [2.45, 2.75) is 32.9 Å². The van der Waals surface area contributed by atoms with Gasteiger partial charge in [-0.05, 0) is 48.7 Å². The molecule has 7 heteroatoms. The minimum absolute atomic E-state index is 0.199. The maximum Gasteiger partial charge on any atom is 0.261 e. The molecule has 0 aliphatic heterocycles. The number of nitrogens with zero attached hydrogens (tertiary/aromatic N) is 1. The number of hydrogen-bond donors (Lipinski definition) is 1. The van der Waals surface area contributed by atoms with E-state index in [1.807, 2.05) is 68.4 Å². The van der Waals surface area contributed by atoms with E-state index >= 15 is 0 Å². The summed E-state index contributed by atoms with van der Waals surface area (Å²) >= 11 is 9.63. The van der Waals surface area contributed by atoms with Crippen LogP contribution in [0.1, 0.15) is 23.6 Å². The zero-order valence-corrected chi connectivity index (χ0v) is 21.6. The van der Waals surface area contributed by atoms with Gasteiger partial charge in [0.25, 0.3) is 5.91 Å². The van der Waals surface area contributed by atoms with Crippen molar-refractivity contribution >= 4 is 39.3 Å². The zero-order chi connectivity index (χ0) is 24.5. The second-order valence-corrected chi connectivity index (χ2v) is 9.23. The van der Waals surface area contributed by atoms with Gasteiger partial charge in [-0.15, -0.1) is 0 Å². The predicted octanol–water partition coefficient (Wildman–Crippen LogP) is 5.57. The molecule has 0 heterocycles. The topological polar surface area (TPSA) is 58.6 Å². The molecule has 0 spiro atoms. The van der Waals surface area contributed by atoms with Crippen molar-refractivity contribution in [1.29, 1.82) is 0 Å². The lowest BCUT2D eigenvalue weighted by molar-refractivity contribution is -0.142. The maximum atomic E-state index is 13.5. The fourth-order valence-corrected chi connectivity index (χ4v) is 4.36. The summed E-state index contributed by atoms with van der Waals surface area (Å²) in [5, 5.41) is 3.29. The van der Waals surface area contributed by atoms with Gasteiger partial charge in [-0.1, -0.05) is 82.1 Å². The van der Waals surface area contributed by atoms with Crippen molar-refractivity contribution in [3.05, 3.63) is 99.0 Å². The van der Waals surface area contributed by atoms with E-state index in [1.54, 1.807) is 23.1 Å². The highest BCUT2D eigenvalue weighted by Crippen LogP contribution is 2.28. The van der Waals surface area contributed by atoms with Crippen LogP contribution < -0.4 is 10.1 Å². The highest BCUT2D eigenvalue weighted by atomic mass is 79.9. The van der Waals surface area contributed by atoms with Gasteiger partial charge in [-0.3, -0.25) is 9.59 Å². The summed E-state index contributed by atoms with van der Waals surface area (Å²) < 4.78 is 6.58. The lowest BCUT2D eigenvalue weighted by Crippen LogP contribution is -2.51. The number of carbonyl (C=O) groups is 2. The highest BCUT2D eigenvalue weighted by Gasteiger charge is 2.30. The molecule has 178 valence electrons. The average molecular weight is 544 g/mol. The summed E-state index contributed by atoms with van der Waals surface area (Å²) in [4.78, 5) is 28.3. The van der Waals surface area contributed by atoms with Crippen LogP contribution in [0.5, 0.6) is 5.75 Å². The smallest absolute Gasteiger partial charge is 0.261 e. The van der Waals surface area contributed by atoms with Gasteiger partial charge < -0.3 is 15.0 Å².